The predicted molar refractivity (Wildman–Crippen MR) is 75.9 cm³/mol. The van der Waals surface area contributed by atoms with E-state index in [-0.39, 0.29) is 17.6 Å². The quantitative estimate of drug-likeness (QED) is 0.675. The summed E-state index contributed by atoms with van der Waals surface area (Å²) in [5.74, 6) is -0.547. The predicted octanol–water partition coefficient (Wildman–Crippen LogP) is 1.59. The molecule has 0 aliphatic heterocycles. The number of ether oxygens (including phenoxy) is 1. The van der Waals surface area contributed by atoms with Gasteiger partial charge < -0.3 is 10.1 Å². The van der Waals surface area contributed by atoms with Gasteiger partial charge in [-0.1, -0.05) is 23.8 Å². The number of hydrogen-bond acceptors (Lipinski definition) is 5. The first kappa shape index (κ1) is 14.6. The Morgan fingerprint density at radius 3 is 3.05 bits per heavy atom. The fraction of sp³-hybridized carbons (Fsp3) is 0.462. The molecular formula is C13H16ClN3O3. The number of aromatic nitrogens is 2. The number of rotatable bonds is 4. The van der Waals surface area contributed by atoms with Gasteiger partial charge in [0.1, 0.15) is 11.6 Å². The summed E-state index contributed by atoms with van der Waals surface area (Å²) in [5.41, 5.74) is -0.00787. The van der Waals surface area contributed by atoms with Crippen molar-refractivity contribution < 1.29 is 9.53 Å². The molecule has 0 spiro atoms. The lowest BCUT2D eigenvalue weighted by Crippen LogP contribution is -2.29. The number of allylic oxidation sites excluding steroid dienone is 1. The van der Waals surface area contributed by atoms with Crippen molar-refractivity contribution in [1.29, 1.82) is 0 Å². The number of anilines is 1. The van der Waals surface area contributed by atoms with Gasteiger partial charge in [0.15, 0.2) is 0 Å². The van der Waals surface area contributed by atoms with E-state index in [1.807, 2.05) is 0 Å². The van der Waals surface area contributed by atoms with Crippen molar-refractivity contribution in [3.05, 3.63) is 33.7 Å². The van der Waals surface area contributed by atoms with Crippen molar-refractivity contribution in [3.8, 4) is 0 Å². The third-order valence-electron chi connectivity index (χ3n) is 3.12. The number of esters is 1. The maximum Gasteiger partial charge on any atom is 0.327 e. The van der Waals surface area contributed by atoms with Gasteiger partial charge in [0.05, 0.1) is 19.0 Å². The molecule has 0 fully saturated rings. The first-order chi connectivity index (χ1) is 9.61. The van der Waals surface area contributed by atoms with Crippen LogP contribution < -0.4 is 10.9 Å². The van der Waals surface area contributed by atoms with Crippen molar-refractivity contribution in [3.63, 3.8) is 0 Å². The van der Waals surface area contributed by atoms with Crippen LogP contribution in [-0.2, 0) is 16.1 Å². The van der Waals surface area contributed by atoms with E-state index in [0.717, 1.165) is 23.9 Å². The van der Waals surface area contributed by atoms with Gasteiger partial charge in [0.2, 0.25) is 0 Å². The Kier molecular flexibility index (Phi) is 4.79. The molecule has 2 rings (SSSR count). The van der Waals surface area contributed by atoms with Crippen LogP contribution in [0.2, 0.25) is 5.02 Å². The molecule has 0 bridgehead atoms. The lowest BCUT2D eigenvalue weighted by Gasteiger charge is -2.21. The van der Waals surface area contributed by atoms with Gasteiger partial charge in [0, 0.05) is 6.04 Å². The van der Waals surface area contributed by atoms with Crippen molar-refractivity contribution in [2.75, 3.05) is 12.4 Å². The van der Waals surface area contributed by atoms with E-state index < -0.39 is 11.5 Å². The average molecular weight is 298 g/mol. The largest absolute Gasteiger partial charge is 0.468 e. The van der Waals surface area contributed by atoms with E-state index in [2.05, 4.69) is 27.3 Å². The summed E-state index contributed by atoms with van der Waals surface area (Å²) < 4.78 is 5.48. The molecule has 1 aliphatic carbocycles. The molecule has 7 heteroatoms. The van der Waals surface area contributed by atoms with Gasteiger partial charge in [-0.05, 0) is 19.3 Å². The smallest absolute Gasteiger partial charge is 0.327 e. The summed E-state index contributed by atoms with van der Waals surface area (Å²) in [7, 11) is 1.25. The van der Waals surface area contributed by atoms with E-state index in [4.69, 9.17) is 11.6 Å². The molecule has 1 aliphatic rings. The Morgan fingerprint density at radius 2 is 2.40 bits per heavy atom. The Labute approximate surface area is 121 Å². The van der Waals surface area contributed by atoms with Gasteiger partial charge in [0.25, 0.3) is 5.56 Å². The first-order valence-electron chi connectivity index (χ1n) is 6.35. The zero-order chi connectivity index (χ0) is 14.5. The van der Waals surface area contributed by atoms with Crippen LogP contribution in [0.15, 0.2) is 23.1 Å². The topological polar surface area (TPSA) is 73.2 Å². The Balaban J connectivity index is 2.15. The third-order valence-corrected chi connectivity index (χ3v) is 3.49. The Bertz CT molecular complexity index is 583. The van der Waals surface area contributed by atoms with Crippen LogP contribution in [0.4, 0.5) is 5.69 Å². The lowest BCUT2D eigenvalue weighted by molar-refractivity contribution is -0.141. The lowest BCUT2D eigenvalue weighted by atomic mass is 10.0. The molecule has 1 atom stereocenters. The van der Waals surface area contributed by atoms with Crippen molar-refractivity contribution in [1.82, 2.24) is 9.78 Å². The van der Waals surface area contributed by atoms with Gasteiger partial charge in [-0.2, -0.15) is 5.10 Å². The highest BCUT2D eigenvalue weighted by molar-refractivity contribution is 6.32. The zero-order valence-electron chi connectivity index (χ0n) is 11.1. The molecule has 0 saturated carbocycles. The highest BCUT2D eigenvalue weighted by atomic mass is 35.5. The number of nitrogens with zero attached hydrogens (tertiary/aromatic N) is 2. The van der Waals surface area contributed by atoms with Crippen molar-refractivity contribution >= 4 is 23.3 Å². The highest BCUT2D eigenvalue weighted by Gasteiger charge is 2.15. The van der Waals surface area contributed by atoms with Gasteiger partial charge in [-0.3, -0.25) is 9.59 Å². The molecule has 108 valence electrons. The fourth-order valence-corrected chi connectivity index (χ4v) is 2.21. The fourth-order valence-electron chi connectivity index (χ4n) is 2.01. The minimum atomic E-state index is -0.547. The molecule has 1 unspecified atom stereocenters. The summed E-state index contributed by atoms with van der Waals surface area (Å²) in [4.78, 5) is 23.1. The molecule has 6 nitrogen and oxygen atoms in total. The Hall–Kier alpha value is -1.82. The number of halogens is 1. The third kappa shape index (κ3) is 3.39. The molecule has 0 aromatic carbocycles. The summed E-state index contributed by atoms with van der Waals surface area (Å²) in [6.45, 7) is -0.249. The van der Waals surface area contributed by atoms with Crippen LogP contribution in [0.3, 0.4) is 0 Å². The number of nitrogens with one attached hydrogen (secondary N) is 1. The van der Waals surface area contributed by atoms with E-state index in [1.54, 1.807) is 0 Å². The highest BCUT2D eigenvalue weighted by Crippen LogP contribution is 2.21. The summed E-state index contributed by atoms with van der Waals surface area (Å²) >= 11 is 6.04. The Morgan fingerprint density at radius 1 is 1.60 bits per heavy atom. The van der Waals surface area contributed by atoms with Crippen LogP contribution in [0.1, 0.15) is 19.3 Å². The average Bonchev–Trinajstić information content (AvgIpc) is 2.48. The number of carbonyl (C=O) groups is 1. The van der Waals surface area contributed by atoms with E-state index in [0.29, 0.717) is 5.69 Å². The van der Waals surface area contributed by atoms with Crippen LogP contribution in [0.5, 0.6) is 0 Å². The maximum atomic E-state index is 12.0. The monoisotopic (exact) mass is 297 g/mol. The van der Waals surface area contributed by atoms with Crippen LogP contribution in [0.25, 0.3) is 0 Å². The van der Waals surface area contributed by atoms with Crippen molar-refractivity contribution in [2.45, 2.75) is 31.8 Å². The normalized spacial score (nSPS) is 17.8. The second kappa shape index (κ2) is 6.56. The summed E-state index contributed by atoms with van der Waals surface area (Å²) in [5, 5.41) is 7.18. The molecule has 0 amide bonds. The second-order valence-electron chi connectivity index (χ2n) is 4.54. The van der Waals surface area contributed by atoms with E-state index in [1.165, 1.54) is 13.3 Å². The SMILES string of the molecule is COC(=O)Cn1ncc(NC2CC=CCC2)c(Cl)c1=O. The summed E-state index contributed by atoms with van der Waals surface area (Å²) in [6.07, 6.45) is 8.57. The molecule has 0 radical (unpaired) electrons. The molecular weight excluding hydrogens is 282 g/mol. The van der Waals surface area contributed by atoms with E-state index >= 15 is 0 Å². The van der Waals surface area contributed by atoms with Crippen LogP contribution >= 0.6 is 11.6 Å². The minimum absolute atomic E-state index is 0.0402. The molecule has 1 N–H and O–H groups in total. The minimum Gasteiger partial charge on any atom is -0.468 e. The second-order valence-corrected chi connectivity index (χ2v) is 4.91. The maximum absolute atomic E-state index is 12.0. The molecule has 0 saturated heterocycles. The van der Waals surface area contributed by atoms with Crippen LogP contribution in [-0.4, -0.2) is 28.9 Å². The number of methoxy groups -OCH3 is 1. The van der Waals surface area contributed by atoms with Gasteiger partial charge >= 0.3 is 5.97 Å². The van der Waals surface area contributed by atoms with Gasteiger partial charge in [-0.25, -0.2) is 4.68 Å². The molecule has 20 heavy (non-hydrogen) atoms. The van der Waals surface area contributed by atoms with Crippen LogP contribution in [0, 0.1) is 0 Å². The number of hydrogen-bond donors (Lipinski definition) is 1. The molecule has 1 heterocycles. The molecule has 1 aromatic heterocycles. The van der Waals surface area contributed by atoms with Gasteiger partial charge in [-0.15, -0.1) is 0 Å². The van der Waals surface area contributed by atoms with Crippen molar-refractivity contribution in [2.24, 2.45) is 0 Å². The summed E-state index contributed by atoms with van der Waals surface area (Å²) in [6, 6.07) is 0.246. The zero-order valence-corrected chi connectivity index (χ0v) is 11.9. The molecule has 1 aromatic rings. The van der Waals surface area contributed by atoms with E-state index in [9.17, 15) is 9.59 Å². The standard InChI is InChI=1S/C13H16ClN3O3/c1-20-11(18)8-17-13(19)12(14)10(7-15-17)16-9-5-3-2-4-6-9/h2-3,7,9,16H,4-6,8H2,1H3. The first-order valence-corrected chi connectivity index (χ1v) is 6.73. The number of carbonyl (C=O) groups excluding carboxylic acids is 1.